The monoisotopic (exact) mass is 247 g/mol. The average molecular weight is 248 g/mol. The molecule has 0 aliphatic heterocycles. The third-order valence-electron chi connectivity index (χ3n) is 1.75. The van der Waals surface area contributed by atoms with Crippen LogP contribution in [0.25, 0.3) is 0 Å². The van der Waals surface area contributed by atoms with Crippen molar-refractivity contribution in [2.24, 2.45) is 0 Å². The minimum Gasteiger partial charge on any atom is -0.480 e. The predicted molar refractivity (Wildman–Crippen MR) is 58.3 cm³/mol. The number of hydrogen-bond donors (Lipinski definition) is 1. The van der Waals surface area contributed by atoms with Crippen LogP contribution < -0.4 is 0 Å². The highest BCUT2D eigenvalue weighted by molar-refractivity contribution is 7.16. The Labute approximate surface area is 96.1 Å². The maximum Gasteiger partial charge on any atom is 0.323 e. The normalized spacial score (nSPS) is 10.0. The van der Waals surface area contributed by atoms with Crippen LogP contribution in [0.5, 0.6) is 0 Å². The van der Waals surface area contributed by atoms with E-state index in [1.807, 2.05) is 0 Å². The molecule has 15 heavy (non-hydrogen) atoms. The van der Waals surface area contributed by atoms with Crippen LogP contribution in [0.4, 0.5) is 0 Å². The number of amides is 1. The molecule has 0 fully saturated rings. The molecule has 1 aromatic rings. The molecular weight excluding hydrogens is 238 g/mol. The molecule has 0 atom stereocenters. The van der Waals surface area contributed by atoms with Crippen molar-refractivity contribution in [3.05, 3.63) is 21.3 Å². The molecule has 0 spiro atoms. The summed E-state index contributed by atoms with van der Waals surface area (Å²) in [5.41, 5.74) is 0. The summed E-state index contributed by atoms with van der Waals surface area (Å²) in [6.45, 7) is -0.280. The lowest BCUT2D eigenvalue weighted by Gasteiger charge is -2.13. The lowest BCUT2D eigenvalue weighted by molar-refractivity contribution is -0.143. The second kappa shape index (κ2) is 5.14. The van der Waals surface area contributed by atoms with E-state index in [9.17, 15) is 9.59 Å². The zero-order valence-electron chi connectivity index (χ0n) is 8.07. The SMILES string of the molecule is CN(CC(=O)O)C(=O)Cc1ccc(Cl)s1. The molecule has 0 radical (unpaired) electrons. The van der Waals surface area contributed by atoms with Gasteiger partial charge in [-0.3, -0.25) is 9.59 Å². The van der Waals surface area contributed by atoms with Gasteiger partial charge in [0.05, 0.1) is 10.8 Å². The fourth-order valence-electron chi connectivity index (χ4n) is 1.02. The van der Waals surface area contributed by atoms with E-state index in [-0.39, 0.29) is 18.9 Å². The standard InChI is InChI=1S/C9H10ClNO3S/c1-11(5-9(13)14)8(12)4-6-2-3-7(10)15-6/h2-3H,4-5H2,1H3,(H,13,14). The summed E-state index contributed by atoms with van der Waals surface area (Å²) < 4.78 is 0.624. The van der Waals surface area contributed by atoms with Crippen molar-refractivity contribution in [2.75, 3.05) is 13.6 Å². The number of likely N-dealkylation sites (N-methyl/N-ethyl adjacent to an activating group) is 1. The molecule has 0 saturated heterocycles. The first-order chi connectivity index (χ1) is 6.99. The lowest BCUT2D eigenvalue weighted by atomic mass is 10.3. The first-order valence-corrected chi connectivity index (χ1v) is 5.38. The molecule has 1 heterocycles. The van der Waals surface area contributed by atoms with E-state index in [0.29, 0.717) is 4.34 Å². The number of rotatable bonds is 4. The summed E-state index contributed by atoms with van der Waals surface area (Å²) in [6, 6.07) is 3.48. The molecule has 6 heteroatoms. The van der Waals surface area contributed by atoms with Crippen LogP contribution in [0.15, 0.2) is 12.1 Å². The number of halogens is 1. The molecule has 0 aliphatic carbocycles. The van der Waals surface area contributed by atoms with Gasteiger partial charge in [-0.1, -0.05) is 11.6 Å². The van der Waals surface area contributed by atoms with E-state index in [1.165, 1.54) is 23.3 Å². The maximum atomic E-state index is 11.5. The Morgan fingerprint density at radius 2 is 2.20 bits per heavy atom. The summed E-state index contributed by atoms with van der Waals surface area (Å²) >= 11 is 7.03. The van der Waals surface area contributed by atoms with Crippen LogP contribution in [0.3, 0.4) is 0 Å². The number of thiophene rings is 1. The largest absolute Gasteiger partial charge is 0.480 e. The number of carboxylic acid groups (broad SMARTS) is 1. The van der Waals surface area contributed by atoms with Crippen LogP contribution in [-0.2, 0) is 16.0 Å². The van der Waals surface area contributed by atoms with Crippen molar-refractivity contribution < 1.29 is 14.7 Å². The first kappa shape index (κ1) is 12.0. The Kier molecular flexibility index (Phi) is 4.11. The highest BCUT2D eigenvalue weighted by Gasteiger charge is 2.13. The highest BCUT2D eigenvalue weighted by atomic mass is 35.5. The summed E-state index contributed by atoms with van der Waals surface area (Å²) in [6.07, 6.45) is 0.196. The third kappa shape index (κ3) is 3.89. The molecule has 1 amide bonds. The van der Waals surface area contributed by atoms with Gasteiger partial charge in [-0.15, -0.1) is 11.3 Å². The van der Waals surface area contributed by atoms with Gasteiger partial charge in [0.2, 0.25) is 5.91 Å². The Balaban J connectivity index is 2.52. The zero-order valence-corrected chi connectivity index (χ0v) is 9.64. The second-order valence-electron chi connectivity index (χ2n) is 3.03. The quantitative estimate of drug-likeness (QED) is 0.877. The Bertz CT molecular complexity index is 377. The van der Waals surface area contributed by atoms with Gasteiger partial charge in [0.15, 0.2) is 0 Å². The lowest BCUT2D eigenvalue weighted by Crippen LogP contribution is -2.32. The van der Waals surface area contributed by atoms with Gasteiger partial charge in [0, 0.05) is 11.9 Å². The smallest absolute Gasteiger partial charge is 0.323 e. The number of nitrogens with zero attached hydrogens (tertiary/aromatic N) is 1. The van der Waals surface area contributed by atoms with Gasteiger partial charge in [0.1, 0.15) is 6.54 Å². The fraction of sp³-hybridized carbons (Fsp3) is 0.333. The van der Waals surface area contributed by atoms with Crippen molar-refractivity contribution in [2.45, 2.75) is 6.42 Å². The molecule has 1 aromatic heterocycles. The van der Waals surface area contributed by atoms with E-state index < -0.39 is 5.97 Å². The van der Waals surface area contributed by atoms with Crippen molar-refractivity contribution in [3.8, 4) is 0 Å². The Morgan fingerprint density at radius 1 is 1.53 bits per heavy atom. The van der Waals surface area contributed by atoms with Crippen molar-refractivity contribution in [1.29, 1.82) is 0 Å². The summed E-state index contributed by atoms with van der Waals surface area (Å²) in [4.78, 5) is 23.9. The van der Waals surface area contributed by atoms with Crippen molar-refractivity contribution >= 4 is 34.8 Å². The van der Waals surface area contributed by atoms with Gasteiger partial charge in [-0.25, -0.2) is 0 Å². The number of hydrogen-bond acceptors (Lipinski definition) is 3. The number of carboxylic acids is 1. The molecule has 0 bridgehead atoms. The van der Waals surface area contributed by atoms with E-state index in [0.717, 1.165) is 4.88 Å². The van der Waals surface area contributed by atoms with Crippen LogP contribution in [0.2, 0.25) is 4.34 Å². The molecule has 0 unspecified atom stereocenters. The van der Waals surface area contributed by atoms with Crippen molar-refractivity contribution in [1.82, 2.24) is 4.90 Å². The van der Waals surface area contributed by atoms with Crippen molar-refractivity contribution in [3.63, 3.8) is 0 Å². The summed E-state index contributed by atoms with van der Waals surface area (Å²) in [5, 5.41) is 8.49. The number of carbonyl (C=O) groups excluding carboxylic acids is 1. The van der Waals surface area contributed by atoms with Gasteiger partial charge in [0.25, 0.3) is 0 Å². The molecule has 0 aliphatic rings. The molecule has 1 N–H and O–H groups in total. The van der Waals surface area contributed by atoms with Gasteiger partial charge in [-0.05, 0) is 12.1 Å². The Morgan fingerprint density at radius 3 is 2.67 bits per heavy atom. The van der Waals surface area contributed by atoms with Gasteiger partial charge < -0.3 is 10.0 Å². The zero-order chi connectivity index (χ0) is 11.4. The molecule has 4 nitrogen and oxygen atoms in total. The van der Waals surface area contributed by atoms with Crippen LogP contribution in [0, 0.1) is 0 Å². The molecule has 0 saturated carbocycles. The second-order valence-corrected chi connectivity index (χ2v) is 4.83. The maximum absolute atomic E-state index is 11.5. The van der Waals surface area contributed by atoms with Crippen LogP contribution >= 0.6 is 22.9 Å². The van der Waals surface area contributed by atoms with E-state index in [2.05, 4.69) is 0 Å². The average Bonchev–Trinajstić information content (AvgIpc) is 2.50. The number of carbonyl (C=O) groups is 2. The summed E-state index contributed by atoms with van der Waals surface area (Å²) in [7, 11) is 1.46. The minimum absolute atomic E-state index is 0.196. The highest BCUT2D eigenvalue weighted by Crippen LogP contribution is 2.21. The third-order valence-corrected chi connectivity index (χ3v) is 2.98. The molecule has 1 rings (SSSR count). The molecular formula is C9H10ClNO3S. The predicted octanol–water partition coefficient (Wildman–Crippen LogP) is 1.49. The minimum atomic E-state index is -1.02. The first-order valence-electron chi connectivity index (χ1n) is 4.19. The fourth-order valence-corrected chi connectivity index (χ4v) is 2.10. The van der Waals surface area contributed by atoms with Crippen LogP contribution in [-0.4, -0.2) is 35.5 Å². The molecule has 0 aromatic carbocycles. The van der Waals surface area contributed by atoms with Gasteiger partial charge in [-0.2, -0.15) is 0 Å². The van der Waals surface area contributed by atoms with E-state index in [1.54, 1.807) is 12.1 Å². The van der Waals surface area contributed by atoms with E-state index >= 15 is 0 Å². The summed E-state index contributed by atoms with van der Waals surface area (Å²) in [5.74, 6) is -1.24. The number of aliphatic carboxylic acids is 1. The molecule has 82 valence electrons. The Hall–Kier alpha value is -1.07. The van der Waals surface area contributed by atoms with Crippen LogP contribution in [0.1, 0.15) is 4.88 Å². The van der Waals surface area contributed by atoms with E-state index in [4.69, 9.17) is 16.7 Å². The topological polar surface area (TPSA) is 57.6 Å². The van der Waals surface area contributed by atoms with Gasteiger partial charge >= 0.3 is 5.97 Å².